The van der Waals surface area contributed by atoms with Crippen LogP contribution in [0.4, 0.5) is 0 Å². The SMILES string of the molecule is c1ccc(-n2nnc3ccccc32)c(CNC2CCN(C3CC3)C2)c1. The number of nitrogens with zero attached hydrogens (tertiary/aromatic N) is 4. The van der Waals surface area contributed by atoms with Crippen LogP contribution in [-0.2, 0) is 6.54 Å². The molecular formula is C20H23N5. The number of benzene rings is 2. The summed E-state index contributed by atoms with van der Waals surface area (Å²) in [5.41, 5.74) is 4.36. The van der Waals surface area contributed by atoms with Gasteiger partial charge >= 0.3 is 0 Å². The Morgan fingerprint density at radius 2 is 1.84 bits per heavy atom. The Balaban J connectivity index is 1.36. The number of fused-ring (bicyclic) bond motifs is 1. The van der Waals surface area contributed by atoms with Crippen molar-refractivity contribution in [3.63, 3.8) is 0 Å². The lowest BCUT2D eigenvalue weighted by Gasteiger charge is -2.17. The fourth-order valence-corrected chi connectivity index (χ4v) is 3.89. The van der Waals surface area contributed by atoms with E-state index in [-0.39, 0.29) is 0 Å². The standard InChI is InChI=1S/C20H23N5/c1-3-7-19(25-20-8-4-2-6-18(20)22-23-25)15(5-1)13-21-16-11-12-24(14-16)17-9-10-17/h1-8,16-17,21H,9-14H2. The Morgan fingerprint density at radius 1 is 1.00 bits per heavy atom. The Morgan fingerprint density at radius 3 is 2.76 bits per heavy atom. The summed E-state index contributed by atoms with van der Waals surface area (Å²) in [6.07, 6.45) is 4.05. The first-order valence-corrected chi connectivity index (χ1v) is 9.24. The maximum atomic E-state index is 4.38. The lowest BCUT2D eigenvalue weighted by atomic mass is 10.1. The Kier molecular flexibility index (Phi) is 3.76. The lowest BCUT2D eigenvalue weighted by Crippen LogP contribution is -2.33. The Bertz CT molecular complexity index is 882. The third-order valence-electron chi connectivity index (χ3n) is 5.44. The Hall–Kier alpha value is -2.24. The molecule has 1 N–H and O–H groups in total. The van der Waals surface area contributed by atoms with E-state index in [1.807, 2.05) is 22.9 Å². The minimum Gasteiger partial charge on any atom is -0.309 e. The number of likely N-dealkylation sites (tertiary alicyclic amines) is 1. The average molecular weight is 333 g/mol. The second-order valence-corrected chi connectivity index (χ2v) is 7.21. The van der Waals surface area contributed by atoms with Gasteiger partial charge in [-0.25, -0.2) is 4.68 Å². The maximum absolute atomic E-state index is 4.38. The molecule has 2 aromatic carbocycles. The summed E-state index contributed by atoms with van der Waals surface area (Å²) in [6, 6.07) is 18.1. The van der Waals surface area contributed by atoms with Gasteiger partial charge in [0.25, 0.3) is 0 Å². The Labute approximate surface area is 147 Å². The summed E-state index contributed by atoms with van der Waals surface area (Å²) in [6.45, 7) is 3.31. The van der Waals surface area contributed by atoms with Gasteiger partial charge in [-0.2, -0.15) is 0 Å². The van der Waals surface area contributed by atoms with Crippen molar-refractivity contribution in [3.8, 4) is 5.69 Å². The van der Waals surface area contributed by atoms with Crippen molar-refractivity contribution in [1.29, 1.82) is 0 Å². The van der Waals surface area contributed by atoms with Crippen LogP contribution in [0.3, 0.4) is 0 Å². The van der Waals surface area contributed by atoms with Crippen LogP contribution >= 0.6 is 0 Å². The third kappa shape index (κ3) is 2.94. The molecular weight excluding hydrogens is 310 g/mol. The zero-order valence-corrected chi connectivity index (χ0v) is 14.3. The van der Waals surface area contributed by atoms with Gasteiger partial charge in [0.15, 0.2) is 0 Å². The van der Waals surface area contributed by atoms with Crippen molar-refractivity contribution in [1.82, 2.24) is 25.2 Å². The van der Waals surface area contributed by atoms with Crippen molar-refractivity contribution in [2.75, 3.05) is 13.1 Å². The summed E-state index contributed by atoms with van der Waals surface area (Å²) < 4.78 is 1.96. The van der Waals surface area contributed by atoms with E-state index in [0.29, 0.717) is 6.04 Å². The van der Waals surface area contributed by atoms with Crippen LogP contribution in [-0.4, -0.2) is 45.1 Å². The number of hydrogen-bond acceptors (Lipinski definition) is 4. The molecule has 128 valence electrons. The van der Waals surface area contributed by atoms with Gasteiger partial charge in [-0.15, -0.1) is 5.10 Å². The molecule has 1 aliphatic heterocycles. The first kappa shape index (κ1) is 15.0. The molecule has 0 radical (unpaired) electrons. The monoisotopic (exact) mass is 333 g/mol. The first-order chi connectivity index (χ1) is 12.4. The highest BCUT2D eigenvalue weighted by Gasteiger charge is 2.34. The quantitative estimate of drug-likeness (QED) is 0.780. The predicted molar refractivity (Wildman–Crippen MR) is 98.7 cm³/mol. The molecule has 0 amide bonds. The van der Waals surface area contributed by atoms with Crippen molar-refractivity contribution in [2.24, 2.45) is 0 Å². The van der Waals surface area contributed by atoms with Crippen LogP contribution in [0.5, 0.6) is 0 Å². The van der Waals surface area contributed by atoms with Gasteiger partial charge < -0.3 is 5.32 Å². The zero-order chi connectivity index (χ0) is 16.6. The number of aromatic nitrogens is 3. The van der Waals surface area contributed by atoms with E-state index in [9.17, 15) is 0 Å². The molecule has 1 saturated heterocycles. The van der Waals surface area contributed by atoms with Crippen LogP contribution in [0.25, 0.3) is 16.7 Å². The van der Waals surface area contributed by atoms with E-state index in [4.69, 9.17) is 0 Å². The maximum Gasteiger partial charge on any atom is 0.113 e. The van der Waals surface area contributed by atoms with E-state index < -0.39 is 0 Å². The minimum atomic E-state index is 0.598. The molecule has 5 nitrogen and oxygen atoms in total. The number of para-hydroxylation sites is 2. The van der Waals surface area contributed by atoms with Crippen molar-refractivity contribution in [3.05, 3.63) is 54.1 Å². The molecule has 1 aromatic heterocycles. The van der Waals surface area contributed by atoms with Gasteiger partial charge in [0.05, 0.1) is 11.2 Å². The average Bonchev–Trinajstić information content (AvgIpc) is 3.25. The van der Waals surface area contributed by atoms with E-state index in [0.717, 1.165) is 29.3 Å². The van der Waals surface area contributed by atoms with Crippen molar-refractivity contribution >= 4 is 11.0 Å². The zero-order valence-electron chi connectivity index (χ0n) is 14.3. The smallest absolute Gasteiger partial charge is 0.113 e. The third-order valence-corrected chi connectivity index (χ3v) is 5.44. The molecule has 25 heavy (non-hydrogen) atoms. The van der Waals surface area contributed by atoms with E-state index in [1.165, 1.54) is 37.9 Å². The molecule has 3 aromatic rings. The van der Waals surface area contributed by atoms with E-state index in [2.05, 4.69) is 50.9 Å². The summed E-state index contributed by atoms with van der Waals surface area (Å²) >= 11 is 0. The van der Waals surface area contributed by atoms with Crippen LogP contribution in [0.15, 0.2) is 48.5 Å². The van der Waals surface area contributed by atoms with Gasteiger partial charge in [-0.05, 0) is 43.0 Å². The molecule has 2 heterocycles. The number of hydrogen-bond donors (Lipinski definition) is 1. The second kappa shape index (κ2) is 6.24. The fraction of sp³-hybridized carbons (Fsp3) is 0.400. The van der Waals surface area contributed by atoms with Gasteiger partial charge in [0.2, 0.25) is 0 Å². The molecule has 2 fully saturated rings. The predicted octanol–water partition coefficient (Wildman–Crippen LogP) is 2.75. The highest BCUT2D eigenvalue weighted by atomic mass is 15.4. The van der Waals surface area contributed by atoms with Crippen LogP contribution in [0.1, 0.15) is 24.8 Å². The normalized spacial score (nSPS) is 21.2. The molecule has 1 saturated carbocycles. The molecule has 5 rings (SSSR count). The van der Waals surface area contributed by atoms with Gasteiger partial charge in [-0.3, -0.25) is 4.90 Å². The molecule has 5 heteroatoms. The largest absolute Gasteiger partial charge is 0.309 e. The van der Waals surface area contributed by atoms with Gasteiger partial charge in [-0.1, -0.05) is 35.5 Å². The number of rotatable bonds is 5. The summed E-state index contributed by atoms with van der Waals surface area (Å²) in [4.78, 5) is 2.65. The van der Waals surface area contributed by atoms with Crippen LogP contribution in [0, 0.1) is 0 Å². The van der Waals surface area contributed by atoms with Crippen molar-refractivity contribution < 1.29 is 0 Å². The molecule has 1 atom stereocenters. The van der Waals surface area contributed by atoms with E-state index >= 15 is 0 Å². The molecule has 1 unspecified atom stereocenters. The number of nitrogens with one attached hydrogen (secondary N) is 1. The van der Waals surface area contributed by atoms with Gasteiger partial charge in [0.1, 0.15) is 5.52 Å². The summed E-state index contributed by atoms with van der Waals surface area (Å²) in [7, 11) is 0. The molecule has 1 aliphatic carbocycles. The highest BCUT2D eigenvalue weighted by Crippen LogP contribution is 2.30. The summed E-state index contributed by atoms with van der Waals surface area (Å²) in [5, 5.41) is 12.4. The second-order valence-electron chi connectivity index (χ2n) is 7.21. The lowest BCUT2D eigenvalue weighted by molar-refractivity contribution is 0.317. The van der Waals surface area contributed by atoms with Crippen LogP contribution < -0.4 is 5.32 Å². The minimum absolute atomic E-state index is 0.598. The molecule has 0 spiro atoms. The fourth-order valence-electron chi connectivity index (χ4n) is 3.89. The topological polar surface area (TPSA) is 46.0 Å². The molecule has 0 bridgehead atoms. The van der Waals surface area contributed by atoms with Crippen molar-refractivity contribution in [2.45, 2.75) is 37.9 Å². The highest BCUT2D eigenvalue weighted by molar-refractivity contribution is 5.76. The summed E-state index contributed by atoms with van der Waals surface area (Å²) in [5.74, 6) is 0. The van der Waals surface area contributed by atoms with Gasteiger partial charge in [0, 0.05) is 31.7 Å². The molecule has 2 aliphatic rings. The van der Waals surface area contributed by atoms with Crippen LogP contribution in [0.2, 0.25) is 0 Å². The van der Waals surface area contributed by atoms with E-state index in [1.54, 1.807) is 0 Å². The first-order valence-electron chi connectivity index (χ1n) is 9.24.